The molecule has 0 aliphatic heterocycles. The molecule has 26 heavy (non-hydrogen) atoms. The molecule has 0 rings (SSSR count). The van der Waals surface area contributed by atoms with E-state index in [1.54, 1.807) is 0 Å². The van der Waals surface area contributed by atoms with E-state index in [9.17, 15) is 18.1 Å². The van der Waals surface area contributed by atoms with Gasteiger partial charge in [0.05, 0.1) is 16.2 Å². The van der Waals surface area contributed by atoms with Gasteiger partial charge >= 0.3 is 29.6 Å². The van der Waals surface area contributed by atoms with Crippen LogP contribution in [0.25, 0.3) is 0 Å². The van der Waals surface area contributed by atoms with Crippen LogP contribution in [-0.2, 0) is 10.1 Å². The Morgan fingerprint density at radius 2 is 1.08 bits per heavy atom. The van der Waals surface area contributed by atoms with Crippen molar-refractivity contribution in [3.05, 3.63) is 0 Å². The molecule has 0 aromatic heterocycles. The molecular weight excluding hydrogens is 359 g/mol. The Kier molecular flexibility index (Phi) is 21.5. The van der Waals surface area contributed by atoms with E-state index in [-0.39, 0.29) is 35.7 Å². The fraction of sp³-hybridized carbons (Fsp3) is 1.00. The molecule has 0 radical (unpaired) electrons. The largest absolute Gasteiger partial charge is 1.00 e. The van der Waals surface area contributed by atoms with Crippen LogP contribution in [-0.4, -0.2) is 29.4 Å². The average molecular weight is 401 g/mol. The Labute approximate surface area is 185 Å². The predicted octanol–water partition coefficient (Wildman–Crippen LogP) is 2.55. The minimum Gasteiger partial charge on any atom is -0.748 e. The minimum atomic E-state index is -4.17. The van der Waals surface area contributed by atoms with Gasteiger partial charge in [0.15, 0.2) is 0 Å². The first-order valence-corrected chi connectivity index (χ1v) is 12.0. The molecule has 0 aromatic carbocycles. The first kappa shape index (κ1) is 29.1. The standard InChI is InChI=1S/C20H42O4S.Na/c1-3-5-7-8-9-13-17-20(25(22,23)24)18-14-11-10-12-16-19(21)15-6-4-2;/h19-21H,3-18H2,1-2H3,(H,22,23,24);/q;+1/p-1. The van der Waals surface area contributed by atoms with E-state index >= 15 is 0 Å². The molecule has 0 aliphatic rings. The SMILES string of the molecule is CCCCCCCCC(CCCCCCC(O)CCCC)S(=O)(=O)[O-].[Na+]. The molecule has 0 aliphatic carbocycles. The van der Waals surface area contributed by atoms with Gasteiger partial charge in [-0.3, -0.25) is 0 Å². The van der Waals surface area contributed by atoms with Crippen LogP contribution in [0.1, 0.15) is 117 Å². The molecule has 1 N–H and O–H groups in total. The van der Waals surface area contributed by atoms with Crippen molar-refractivity contribution in [3.8, 4) is 0 Å². The summed E-state index contributed by atoms with van der Waals surface area (Å²) in [5.74, 6) is 0. The van der Waals surface area contributed by atoms with Crippen molar-refractivity contribution in [2.24, 2.45) is 0 Å². The van der Waals surface area contributed by atoms with Gasteiger partial charge < -0.3 is 9.66 Å². The molecule has 0 amide bonds. The van der Waals surface area contributed by atoms with Gasteiger partial charge in [-0.25, -0.2) is 8.42 Å². The van der Waals surface area contributed by atoms with Crippen LogP contribution in [0, 0.1) is 0 Å². The van der Waals surface area contributed by atoms with Crippen LogP contribution >= 0.6 is 0 Å². The van der Waals surface area contributed by atoms with Crippen LogP contribution in [0.4, 0.5) is 0 Å². The fourth-order valence-electron chi connectivity index (χ4n) is 3.27. The topological polar surface area (TPSA) is 77.4 Å². The summed E-state index contributed by atoms with van der Waals surface area (Å²) in [5.41, 5.74) is 0. The Bertz CT molecular complexity index is 387. The smallest absolute Gasteiger partial charge is 0.748 e. The summed E-state index contributed by atoms with van der Waals surface area (Å²) in [5, 5.41) is 9.09. The number of hydrogen-bond donors (Lipinski definition) is 1. The Hall–Kier alpha value is 0.870. The van der Waals surface area contributed by atoms with E-state index in [0.717, 1.165) is 70.6 Å². The van der Waals surface area contributed by atoms with Crippen molar-refractivity contribution in [2.45, 2.75) is 128 Å². The van der Waals surface area contributed by atoms with Crippen molar-refractivity contribution < 1.29 is 47.6 Å². The maximum Gasteiger partial charge on any atom is 1.00 e. The van der Waals surface area contributed by atoms with Gasteiger partial charge in [0.25, 0.3) is 0 Å². The maximum absolute atomic E-state index is 11.4. The molecule has 2 atom stereocenters. The first-order valence-electron chi connectivity index (χ1n) is 10.5. The number of hydrogen-bond acceptors (Lipinski definition) is 4. The molecule has 0 fully saturated rings. The van der Waals surface area contributed by atoms with E-state index in [0.29, 0.717) is 12.8 Å². The predicted molar refractivity (Wildman–Crippen MR) is 105 cm³/mol. The molecule has 4 nitrogen and oxygen atoms in total. The Balaban J connectivity index is 0. The maximum atomic E-state index is 11.4. The fourth-order valence-corrected chi connectivity index (χ4v) is 4.19. The van der Waals surface area contributed by atoms with Gasteiger partial charge in [-0.2, -0.15) is 0 Å². The monoisotopic (exact) mass is 400 g/mol. The summed E-state index contributed by atoms with van der Waals surface area (Å²) in [6.45, 7) is 4.30. The third kappa shape index (κ3) is 18.2. The number of unbranched alkanes of at least 4 members (excludes halogenated alkanes) is 9. The molecule has 0 saturated heterocycles. The van der Waals surface area contributed by atoms with Gasteiger partial charge in [-0.05, 0) is 25.7 Å². The van der Waals surface area contributed by atoms with Crippen LogP contribution < -0.4 is 29.6 Å². The molecule has 0 aromatic rings. The van der Waals surface area contributed by atoms with E-state index in [1.807, 2.05) is 0 Å². The summed E-state index contributed by atoms with van der Waals surface area (Å²) in [4.78, 5) is 0. The molecule has 0 saturated carbocycles. The van der Waals surface area contributed by atoms with Crippen LogP contribution in [0.2, 0.25) is 0 Å². The summed E-state index contributed by atoms with van der Waals surface area (Å²) < 4.78 is 34.3. The average Bonchev–Trinajstić information content (AvgIpc) is 2.55. The quantitative estimate of drug-likeness (QED) is 0.218. The van der Waals surface area contributed by atoms with Gasteiger partial charge in [0.2, 0.25) is 0 Å². The summed E-state index contributed by atoms with van der Waals surface area (Å²) >= 11 is 0. The number of aliphatic hydroxyl groups is 1. The van der Waals surface area contributed by atoms with Gasteiger partial charge in [-0.15, -0.1) is 0 Å². The van der Waals surface area contributed by atoms with Crippen molar-refractivity contribution in [2.75, 3.05) is 0 Å². The molecule has 152 valence electrons. The summed E-state index contributed by atoms with van der Waals surface area (Å²) in [6, 6.07) is 0. The van der Waals surface area contributed by atoms with Crippen LogP contribution in [0.15, 0.2) is 0 Å². The van der Waals surface area contributed by atoms with Crippen LogP contribution in [0.5, 0.6) is 0 Å². The summed E-state index contributed by atoms with van der Waals surface area (Å²) in [7, 11) is -4.17. The zero-order valence-electron chi connectivity index (χ0n) is 17.5. The molecule has 2 unspecified atom stereocenters. The summed E-state index contributed by atoms with van der Waals surface area (Å²) in [6.07, 6.45) is 15.1. The van der Waals surface area contributed by atoms with Gasteiger partial charge in [-0.1, -0.05) is 90.9 Å². The first-order chi connectivity index (χ1) is 11.9. The zero-order valence-corrected chi connectivity index (χ0v) is 20.4. The normalized spacial score (nSPS) is 14.0. The third-order valence-electron chi connectivity index (χ3n) is 4.99. The van der Waals surface area contributed by atoms with E-state index in [2.05, 4.69) is 13.8 Å². The molecule has 0 heterocycles. The molecule has 0 bridgehead atoms. The number of rotatable bonds is 18. The van der Waals surface area contributed by atoms with Crippen molar-refractivity contribution >= 4 is 10.1 Å². The van der Waals surface area contributed by atoms with Gasteiger partial charge in [0.1, 0.15) is 0 Å². The van der Waals surface area contributed by atoms with Crippen molar-refractivity contribution in [1.29, 1.82) is 0 Å². The second-order valence-electron chi connectivity index (χ2n) is 7.46. The Morgan fingerprint density at radius 1 is 0.692 bits per heavy atom. The number of aliphatic hydroxyl groups excluding tert-OH is 1. The van der Waals surface area contributed by atoms with Crippen molar-refractivity contribution in [3.63, 3.8) is 0 Å². The molecule has 6 heteroatoms. The van der Waals surface area contributed by atoms with Crippen molar-refractivity contribution in [1.82, 2.24) is 0 Å². The van der Waals surface area contributed by atoms with E-state index < -0.39 is 15.4 Å². The zero-order chi connectivity index (χ0) is 19.0. The second-order valence-corrected chi connectivity index (χ2v) is 9.11. The minimum absolute atomic E-state index is 0. The third-order valence-corrected chi connectivity index (χ3v) is 6.28. The van der Waals surface area contributed by atoms with Gasteiger partial charge in [0, 0.05) is 5.25 Å². The Morgan fingerprint density at radius 3 is 1.54 bits per heavy atom. The molecule has 0 spiro atoms. The van der Waals surface area contributed by atoms with E-state index in [4.69, 9.17) is 0 Å². The second kappa shape index (κ2) is 19.2. The van der Waals surface area contributed by atoms with Crippen LogP contribution in [0.3, 0.4) is 0 Å². The van der Waals surface area contributed by atoms with E-state index in [1.165, 1.54) is 19.3 Å². The molecular formula is C20H41NaO4S.